The second-order valence-corrected chi connectivity index (χ2v) is 6.27. The van der Waals surface area contributed by atoms with Crippen LogP contribution in [0.2, 0.25) is 0 Å². The average Bonchev–Trinajstić information content (AvgIpc) is 2.51. The molecule has 0 saturated carbocycles. The van der Waals surface area contributed by atoms with Gasteiger partial charge in [-0.25, -0.2) is 13.1 Å². The molecule has 0 aliphatic rings. The molecule has 1 aromatic rings. The molecule has 0 fully saturated rings. The number of amides is 1. The molecule has 140 valence electrons. The fraction of sp³-hybridized carbons (Fsp3) is 0.385. The lowest BCUT2D eigenvalue weighted by Crippen LogP contribution is -2.29. The Kier molecular flexibility index (Phi) is 7.18. The summed E-state index contributed by atoms with van der Waals surface area (Å²) in [5.41, 5.74) is 0. The monoisotopic (exact) mass is 384 g/mol. The number of ether oxygens (including phenoxy) is 2. The lowest BCUT2D eigenvalue weighted by Gasteiger charge is -2.10. The average molecular weight is 384 g/mol. The number of rotatable bonds is 8. The molecular formula is C13H15F3N2O6S. The molecular weight excluding hydrogens is 369 g/mol. The maximum Gasteiger partial charge on any atom is 0.573 e. The van der Waals surface area contributed by atoms with Gasteiger partial charge in [-0.3, -0.25) is 9.59 Å². The lowest BCUT2D eigenvalue weighted by atomic mass is 10.3. The van der Waals surface area contributed by atoms with Crippen LogP contribution in [0.15, 0.2) is 29.2 Å². The Balaban J connectivity index is 2.52. The van der Waals surface area contributed by atoms with E-state index in [1.165, 1.54) is 7.05 Å². The topological polar surface area (TPSA) is 111 Å². The molecule has 0 spiro atoms. The van der Waals surface area contributed by atoms with Crippen LogP contribution in [-0.2, 0) is 24.3 Å². The predicted molar refractivity (Wildman–Crippen MR) is 78.0 cm³/mol. The van der Waals surface area contributed by atoms with Crippen molar-refractivity contribution < 1.29 is 40.7 Å². The molecule has 1 amide bonds. The number of alkyl halides is 3. The number of hydrogen-bond acceptors (Lipinski definition) is 6. The van der Waals surface area contributed by atoms with Crippen LogP contribution < -0.4 is 14.8 Å². The molecule has 0 bridgehead atoms. The van der Waals surface area contributed by atoms with Crippen molar-refractivity contribution in [2.75, 3.05) is 20.2 Å². The van der Waals surface area contributed by atoms with Crippen LogP contribution in [0.3, 0.4) is 0 Å². The number of sulfonamides is 1. The third-order valence-corrected chi connectivity index (χ3v) is 4.11. The van der Waals surface area contributed by atoms with Gasteiger partial charge < -0.3 is 14.8 Å². The van der Waals surface area contributed by atoms with E-state index in [9.17, 15) is 31.2 Å². The molecule has 2 N–H and O–H groups in total. The number of benzene rings is 1. The lowest BCUT2D eigenvalue weighted by molar-refractivity contribution is -0.274. The first-order chi connectivity index (χ1) is 11.5. The van der Waals surface area contributed by atoms with Crippen molar-refractivity contribution in [2.45, 2.75) is 17.7 Å². The first-order valence-corrected chi connectivity index (χ1v) is 8.23. The summed E-state index contributed by atoms with van der Waals surface area (Å²) >= 11 is 0. The standard InChI is InChI=1S/C13H15F3N2O6S/c1-17-11(19)8-23-12(20)6-7-18-25(21,22)10-4-2-9(3-5-10)24-13(14,15)16/h2-5,18H,6-8H2,1H3,(H,17,19). The van der Waals surface area contributed by atoms with Gasteiger partial charge in [-0.1, -0.05) is 0 Å². The van der Waals surface area contributed by atoms with Gasteiger partial charge in [0.2, 0.25) is 10.0 Å². The van der Waals surface area contributed by atoms with Crippen LogP contribution in [0.1, 0.15) is 6.42 Å². The van der Waals surface area contributed by atoms with Crippen molar-refractivity contribution in [3.05, 3.63) is 24.3 Å². The van der Waals surface area contributed by atoms with E-state index < -0.39 is 40.6 Å². The molecule has 0 saturated heterocycles. The minimum atomic E-state index is -4.88. The second kappa shape index (κ2) is 8.67. The molecule has 0 radical (unpaired) electrons. The van der Waals surface area contributed by atoms with E-state index >= 15 is 0 Å². The Labute approximate surface area is 141 Å². The minimum Gasteiger partial charge on any atom is -0.456 e. The Morgan fingerprint density at radius 3 is 2.28 bits per heavy atom. The number of likely N-dealkylation sites (N-methyl/N-ethyl adjacent to an activating group) is 1. The first kappa shape index (κ1) is 20.7. The highest BCUT2D eigenvalue weighted by Gasteiger charge is 2.31. The van der Waals surface area contributed by atoms with Crippen molar-refractivity contribution >= 4 is 21.9 Å². The van der Waals surface area contributed by atoms with Gasteiger partial charge >= 0.3 is 12.3 Å². The van der Waals surface area contributed by atoms with Crippen LogP contribution >= 0.6 is 0 Å². The van der Waals surface area contributed by atoms with Crippen molar-refractivity contribution in [1.29, 1.82) is 0 Å². The normalized spacial score (nSPS) is 11.7. The summed E-state index contributed by atoms with van der Waals surface area (Å²) < 4.78 is 70.2. The van der Waals surface area contributed by atoms with Gasteiger partial charge in [0.25, 0.3) is 5.91 Å². The number of carbonyl (C=O) groups excluding carboxylic acids is 2. The minimum absolute atomic E-state index is 0.305. The quantitative estimate of drug-likeness (QED) is 0.633. The van der Waals surface area contributed by atoms with Crippen molar-refractivity contribution in [3.8, 4) is 5.75 Å². The second-order valence-electron chi connectivity index (χ2n) is 4.50. The van der Waals surface area contributed by atoms with E-state index in [-0.39, 0.29) is 17.9 Å². The predicted octanol–water partition coefficient (Wildman–Crippen LogP) is 0.543. The Hall–Kier alpha value is -2.34. The zero-order valence-corrected chi connectivity index (χ0v) is 13.7. The smallest absolute Gasteiger partial charge is 0.456 e. The van der Waals surface area contributed by atoms with Crippen molar-refractivity contribution in [1.82, 2.24) is 10.0 Å². The maximum absolute atomic E-state index is 12.0. The van der Waals surface area contributed by atoms with E-state index in [0.717, 1.165) is 24.3 Å². The summed E-state index contributed by atoms with van der Waals surface area (Å²) in [4.78, 5) is 21.9. The number of nitrogens with one attached hydrogen (secondary N) is 2. The molecule has 0 atom stereocenters. The van der Waals surface area contributed by atoms with Crippen molar-refractivity contribution in [2.24, 2.45) is 0 Å². The maximum atomic E-state index is 12.0. The summed E-state index contributed by atoms with van der Waals surface area (Å²) in [7, 11) is -2.67. The Morgan fingerprint density at radius 1 is 1.16 bits per heavy atom. The Morgan fingerprint density at radius 2 is 1.76 bits per heavy atom. The number of carbonyl (C=O) groups is 2. The van der Waals surface area contributed by atoms with Gasteiger partial charge in [0.05, 0.1) is 11.3 Å². The zero-order valence-electron chi connectivity index (χ0n) is 12.9. The van der Waals surface area contributed by atoms with Crippen molar-refractivity contribution in [3.63, 3.8) is 0 Å². The van der Waals surface area contributed by atoms with Gasteiger partial charge in [-0.2, -0.15) is 0 Å². The summed E-state index contributed by atoms with van der Waals surface area (Å²) in [6.45, 7) is -0.793. The molecule has 12 heteroatoms. The van der Waals surface area contributed by atoms with E-state index in [1.807, 2.05) is 0 Å². The van der Waals surface area contributed by atoms with Crippen LogP contribution in [0.4, 0.5) is 13.2 Å². The SMILES string of the molecule is CNC(=O)COC(=O)CCNS(=O)(=O)c1ccc(OC(F)(F)F)cc1. The van der Waals surface area contributed by atoms with Gasteiger partial charge in [0.1, 0.15) is 5.75 Å². The van der Waals surface area contributed by atoms with E-state index in [2.05, 4.69) is 19.5 Å². The van der Waals surface area contributed by atoms with E-state index in [4.69, 9.17) is 0 Å². The van der Waals surface area contributed by atoms with Gasteiger partial charge in [-0.15, -0.1) is 13.2 Å². The molecule has 0 aliphatic heterocycles. The number of hydrogen-bond donors (Lipinski definition) is 2. The largest absolute Gasteiger partial charge is 0.573 e. The summed E-state index contributed by atoms with van der Waals surface area (Å²) in [5, 5.41) is 2.23. The van der Waals surface area contributed by atoms with E-state index in [1.54, 1.807) is 0 Å². The zero-order chi connectivity index (χ0) is 19.1. The molecule has 1 aromatic carbocycles. The van der Waals surface area contributed by atoms with Gasteiger partial charge in [-0.05, 0) is 24.3 Å². The number of halogens is 3. The highest BCUT2D eigenvalue weighted by molar-refractivity contribution is 7.89. The highest BCUT2D eigenvalue weighted by Crippen LogP contribution is 2.23. The van der Waals surface area contributed by atoms with Gasteiger partial charge in [0.15, 0.2) is 6.61 Å². The molecule has 0 unspecified atom stereocenters. The summed E-state index contributed by atoms with van der Waals surface area (Å²) in [5.74, 6) is -1.88. The van der Waals surface area contributed by atoms with Crippen LogP contribution in [0, 0.1) is 0 Å². The molecule has 1 rings (SSSR count). The Bertz CT molecular complexity index is 703. The molecule has 25 heavy (non-hydrogen) atoms. The fourth-order valence-corrected chi connectivity index (χ4v) is 2.51. The van der Waals surface area contributed by atoms with Crippen LogP contribution in [0.25, 0.3) is 0 Å². The van der Waals surface area contributed by atoms with Crippen LogP contribution in [0.5, 0.6) is 5.75 Å². The molecule has 0 heterocycles. The third kappa shape index (κ3) is 7.85. The number of esters is 1. The fourth-order valence-electron chi connectivity index (χ4n) is 1.48. The van der Waals surface area contributed by atoms with Gasteiger partial charge in [0, 0.05) is 13.6 Å². The van der Waals surface area contributed by atoms with Crippen LogP contribution in [-0.4, -0.2) is 46.9 Å². The molecule has 0 aromatic heterocycles. The third-order valence-electron chi connectivity index (χ3n) is 2.63. The first-order valence-electron chi connectivity index (χ1n) is 6.75. The summed E-state index contributed by atoms with van der Waals surface area (Å²) in [6, 6.07) is 3.54. The highest BCUT2D eigenvalue weighted by atomic mass is 32.2. The molecule has 8 nitrogen and oxygen atoms in total. The summed E-state index contributed by atoms with van der Waals surface area (Å²) in [6.07, 6.45) is -5.21. The van der Waals surface area contributed by atoms with E-state index in [0.29, 0.717) is 0 Å². The molecule has 0 aliphatic carbocycles.